The van der Waals surface area contributed by atoms with Crippen LogP contribution in [-0.4, -0.2) is 32.7 Å². The molecule has 2 N–H and O–H groups in total. The Morgan fingerprint density at radius 1 is 1.16 bits per heavy atom. The van der Waals surface area contributed by atoms with Crippen molar-refractivity contribution in [2.75, 3.05) is 26.7 Å². The minimum Gasteiger partial charge on any atom is -0.497 e. The van der Waals surface area contributed by atoms with E-state index >= 15 is 0 Å². The van der Waals surface area contributed by atoms with Crippen LogP contribution in [0.1, 0.15) is 51.0 Å². The molecule has 1 saturated heterocycles. The molecule has 2 rings (SSSR count). The van der Waals surface area contributed by atoms with Gasteiger partial charge in [-0.15, -0.1) is 12.4 Å². The third-order valence-electron chi connectivity index (χ3n) is 5.05. The van der Waals surface area contributed by atoms with Crippen molar-refractivity contribution in [3.8, 4) is 5.75 Å². The highest BCUT2D eigenvalue weighted by Crippen LogP contribution is 2.26. The van der Waals surface area contributed by atoms with Crippen molar-refractivity contribution < 1.29 is 9.53 Å². The molecule has 0 saturated carbocycles. The van der Waals surface area contributed by atoms with E-state index in [4.69, 9.17) is 4.74 Å². The minimum absolute atomic E-state index is 0. The van der Waals surface area contributed by atoms with Crippen LogP contribution in [0, 0.1) is 5.41 Å². The van der Waals surface area contributed by atoms with Gasteiger partial charge in [-0.3, -0.25) is 4.79 Å². The normalized spacial score (nSPS) is 15.9. The van der Waals surface area contributed by atoms with Crippen LogP contribution in [0.25, 0.3) is 0 Å². The Kier molecular flexibility index (Phi) is 9.91. The van der Waals surface area contributed by atoms with Crippen molar-refractivity contribution in [2.24, 2.45) is 5.41 Å². The van der Waals surface area contributed by atoms with E-state index < -0.39 is 0 Å². The standard InChI is InChI=1S/C20H32N2O2.ClH/c1-20(12-14-21-15-13-20)16-22-19(23)7-5-3-4-6-17-8-10-18(24-2)11-9-17;/h8-11,21H,3-7,12-16H2,1-2H3,(H,22,23);1H. The van der Waals surface area contributed by atoms with Crippen LogP contribution in [0.5, 0.6) is 5.75 Å². The second-order valence-electron chi connectivity index (χ2n) is 7.25. The molecule has 0 aromatic heterocycles. The molecule has 1 amide bonds. The van der Waals surface area contributed by atoms with Crippen LogP contribution >= 0.6 is 12.4 Å². The van der Waals surface area contributed by atoms with Gasteiger partial charge in [0.05, 0.1) is 7.11 Å². The first kappa shape index (κ1) is 21.8. The van der Waals surface area contributed by atoms with Crippen LogP contribution in [0.4, 0.5) is 0 Å². The molecule has 0 atom stereocenters. The number of halogens is 1. The van der Waals surface area contributed by atoms with Crippen LogP contribution < -0.4 is 15.4 Å². The number of ether oxygens (including phenoxy) is 1. The molecular weight excluding hydrogens is 336 g/mol. The zero-order valence-corrected chi connectivity index (χ0v) is 16.4. The summed E-state index contributed by atoms with van der Waals surface area (Å²) in [4.78, 5) is 12.0. The molecule has 1 aliphatic heterocycles. The maximum Gasteiger partial charge on any atom is 0.220 e. The van der Waals surface area contributed by atoms with E-state index in [0.29, 0.717) is 6.42 Å². The van der Waals surface area contributed by atoms with Crippen molar-refractivity contribution in [3.63, 3.8) is 0 Å². The van der Waals surface area contributed by atoms with E-state index in [0.717, 1.165) is 63.9 Å². The van der Waals surface area contributed by atoms with Gasteiger partial charge in [0.25, 0.3) is 0 Å². The number of nitrogens with one attached hydrogen (secondary N) is 2. The first-order valence-electron chi connectivity index (χ1n) is 9.22. The van der Waals surface area contributed by atoms with Crippen LogP contribution in [0.3, 0.4) is 0 Å². The third-order valence-corrected chi connectivity index (χ3v) is 5.05. The van der Waals surface area contributed by atoms with Gasteiger partial charge in [0.15, 0.2) is 0 Å². The van der Waals surface area contributed by atoms with Crippen molar-refractivity contribution in [2.45, 2.75) is 51.9 Å². The summed E-state index contributed by atoms with van der Waals surface area (Å²) in [6.07, 6.45) is 7.21. The zero-order chi connectivity index (χ0) is 17.3. The van der Waals surface area contributed by atoms with E-state index in [1.807, 2.05) is 12.1 Å². The maximum absolute atomic E-state index is 12.0. The lowest BCUT2D eigenvalue weighted by Crippen LogP contribution is -2.42. The van der Waals surface area contributed by atoms with Gasteiger partial charge in [-0.25, -0.2) is 0 Å². The molecular formula is C20H33ClN2O2. The molecule has 0 unspecified atom stereocenters. The number of benzene rings is 1. The molecule has 1 aromatic carbocycles. The number of rotatable bonds is 9. The predicted molar refractivity (Wildman–Crippen MR) is 106 cm³/mol. The number of carbonyl (C=O) groups excluding carboxylic acids is 1. The van der Waals surface area contributed by atoms with E-state index in [2.05, 4.69) is 29.7 Å². The summed E-state index contributed by atoms with van der Waals surface area (Å²) in [5, 5.41) is 6.51. The highest BCUT2D eigenvalue weighted by Gasteiger charge is 2.26. The van der Waals surface area contributed by atoms with Crippen molar-refractivity contribution in [1.82, 2.24) is 10.6 Å². The summed E-state index contributed by atoms with van der Waals surface area (Å²) in [7, 11) is 1.69. The van der Waals surface area contributed by atoms with Gasteiger partial charge in [0, 0.05) is 13.0 Å². The largest absolute Gasteiger partial charge is 0.497 e. The number of hydrogen-bond donors (Lipinski definition) is 2. The molecule has 25 heavy (non-hydrogen) atoms. The highest BCUT2D eigenvalue weighted by molar-refractivity contribution is 5.85. The summed E-state index contributed by atoms with van der Waals surface area (Å²) < 4.78 is 5.16. The van der Waals surface area contributed by atoms with E-state index in [1.165, 1.54) is 5.56 Å². The summed E-state index contributed by atoms with van der Waals surface area (Å²) in [6, 6.07) is 8.24. The lowest BCUT2D eigenvalue weighted by molar-refractivity contribution is -0.121. The van der Waals surface area contributed by atoms with Crippen molar-refractivity contribution in [3.05, 3.63) is 29.8 Å². The number of unbranched alkanes of at least 4 members (excludes halogenated alkanes) is 2. The van der Waals surface area contributed by atoms with Crippen molar-refractivity contribution in [1.29, 1.82) is 0 Å². The smallest absolute Gasteiger partial charge is 0.220 e. The number of aryl methyl sites for hydroxylation is 1. The second-order valence-corrected chi connectivity index (χ2v) is 7.25. The molecule has 0 bridgehead atoms. The summed E-state index contributed by atoms with van der Waals surface area (Å²) in [5.41, 5.74) is 1.61. The monoisotopic (exact) mass is 368 g/mol. The van der Waals surface area contributed by atoms with Gasteiger partial charge >= 0.3 is 0 Å². The Labute approximate surface area is 158 Å². The quantitative estimate of drug-likeness (QED) is 0.653. The molecule has 5 heteroatoms. The van der Waals surface area contributed by atoms with Crippen LogP contribution in [0.15, 0.2) is 24.3 Å². The minimum atomic E-state index is 0. The first-order chi connectivity index (χ1) is 11.6. The van der Waals surface area contributed by atoms with E-state index in [-0.39, 0.29) is 23.7 Å². The van der Waals surface area contributed by atoms with E-state index in [9.17, 15) is 4.79 Å². The maximum atomic E-state index is 12.0. The van der Waals surface area contributed by atoms with Gasteiger partial charge in [-0.05, 0) is 68.3 Å². The van der Waals surface area contributed by atoms with Crippen molar-refractivity contribution >= 4 is 18.3 Å². The Balaban J connectivity index is 0.00000312. The molecule has 1 aliphatic rings. The molecule has 1 heterocycles. The molecule has 0 spiro atoms. The van der Waals surface area contributed by atoms with Crippen LogP contribution in [0.2, 0.25) is 0 Å². The Morgan fingerprint density at radius 3 is 2.48 bits per heavy atom. The fourth-order valence-electron chi connectivity index (χ4n) is 3.19. The fourth-order valence-corrected chi connectivity index (χ4v) is 3.19. The summed E-state index contributed by atoms with van der Waals surface area (Å²) in [5.74, 6) is 1.11. The number of hydrogen-bond acceptors (Lipinski definition) is 3. The number of methoxy groups -OCH3 is 1. The number of amides is 1. The first-order valence-corrected chi connectivity index (χ1v) is 9.22. The number of carbonyl (C=O) groups is 1. The fraction of sp³-hybridized carbons (Fsp3) is 0.650. The lowest BCUT2D eigenvalue weighted by atomic mass is 9.81. The van der Waals surface area contributed by atoms with Gasteiger partial charge < -0.3 is 15.4 Å². The highest BCUT2D eigenvalue weighted by atomic mass is 35.5. The van der Waals surface area contributed by atoms with Gasteiger partial charge in [0.2, 0.25) is 5.91 Å². The summed E-state index contributed by atoms with van der Waals surface area (Å²) in [6.45, 7) is 5.23. The third kappa shape index (κ3) is 8.10. The number of piperidine rings is 1. The SMILES string of the molecule is COc1ccc(CCCCCC(=O)NCC2(C)CCNCC2)cc1.Cl. The molecule has 0 aliphatic carbocycles. The average molecular weight is 369 g/mol. The second kappa shape index (κ2) is 11.4. The Morgan fingerprint density at radius 2 is 1.84 bits per heavy atom. The predicted octanol–water partition coefficient (Wildman–Crippen LogP) is 3.73. The molecule has 0 radical (unpaired) electrons. The topological polar surface area (TPSA) is 50.4 Å². The molecule has 4 nitrogen and oxygen atoms in total. The molecule has 142 valence electrons. The Bertz CT molecular complexity index is 499. The van der Waals surface area contributed by atoms with Gasteiger partial charge in [-0.1, -0.05) is 25.5 Å². The average Bonchev–Trinajstić information content (AvgIpc) is 2.61. The van der Waals surface area contributed by atoms with Gasteiger partial charge in [-0.2, -0.15) is 0 Å². The Hall–Kier alpha value is -1.26. The molecule has 1 fully saturated rings. The lowest BCUT2D eigenvalue weighted by Gasteiger charge is -2.34. The van der Waals surface area contributed by atoms with Crippen LogP contribution in [-0.2, 0) is 11.2 Å². The molecule has 1 aromatic rings. The van der Waals surface area contributed by atoms with Gasteiger partial charge in [0.1, 0.15) is 5.75 Å². The zero-order valence-electron chi connectivity index (χ0n) is 15.6. The van der Waals surface area contributed by atoms with E-state index in [1.54, 1.807) is 7.11 Å². The summed E-state index contributed by atoms with van der Waals surface area (Å²) >= 11 is 0.